The monoisotopic (exact) mass is 253 g/mol. The quantitative estimate of drug-likeness (QED) is 0.668. The Morgan fingerprint density at radius 3 is 2.93 bits per heavy atom. The maximum absolute atomic E-state index is 11.4. The fourth-order valence-corrected chi connectivity index (χ4v) is 6.32. The summed E-state index contributed by atoms with van der Waals surface area (Å²) in [5.41, 5.74) is 0. The van der Waals surface area contributed by atoms with E-state index in [9.17, 15) is 8.42 Å². The molecule has 0 aliphatic carbocycles. The molecular weight excluding hydrogens is 242 g/mol. The predicted octanol–water partition coefficient (Wildman–Crippen LogP) is -0.522. The SMILES string of the molecule is O=S1(=O)C[C@H]2SC(=S)N(CCO)[C@H]2C1. The van der Waals surface area contributed by atoms with Gasteiger partial charge < -0.3 is 10.0 Å². The Morgan fingerprint density at radius 1 is 1.57 bits per heavy atom. The maximum atomic E-state index is 11.4. The highest BCUT2D eigenvalue weighted by molar-refractivity contribution is 8.24. The van der Waals surface area contributed by atoms with Gasteiger partial charge in [-0.1, -0.05) is 24.0 Å². The Bertz CT molecular complexity index is 353. The van der Waals surface area contributed by atoms with E-state index in [0.29, 0.717) is 6.54 Å². The van der Waals surface area contributed by atoms with E-state index < -0.39 is 9.84 Å². The van der Waals surface area contributed by atoms with E-state index in [1.54, 1.807) is 0 Å². The third-order valence-electron chi connectivity index (χ3n) is 2.50. The molecule has 0 radical (unpaired) electrons. The van der Waals surface area contributed by atoms with E-state index in [4.69, 9.17) is 17.3 Å². The molecule has 2 fully saturated rings. The minimum Gasteiger partial charge on any atom is -0.395 e. The van der Waals surface area contributed by atoms with E-state index in [0.717, 1.165) is 4.32 Å². The van der Waals surface area contributed by atoms with Gasteiger partial charge in [0.25, 0.3) is 0 Å². The summed E-state index contributed by atoms with van der Waals surface area (Å²) >= 11 is 6.57. The molecule has 14 heavy (non-hydrogen) atoms. The fraction of sp³-hybridized carbons (Fsp3) is 0.857. The normalized spacial score (nSPS) is 34.9. The zero-order valence-electron chi connectivity index (χ0n) is 7.42. The molecule has 2 heterocycles. The Balaban J connectivity index is 2.17. The number of nitrogens with zero attached hydrogens (tertiary/aromatic N) is 1. The minimum absolute atomic E-state index is 0.00958. The van der Waals surface area contributed by atoms with Crippen LogP contribution in [0.25, 0.3) is 0 Å². The number of hydrogen-bond acceptors (Lipinski definition) is 5. The van der Waals surface area contributed by atoms with Gasteiger partial charge in [0.05, 0.1) is 24.2 Å². The largest absolute Gasteiger partial charge is 0.395 e. The molecule has 2 rings (SSSR count). The smallest absolute Gasteiger partial charge is 0.153 e. The Labute approximate surface area is 92.6 Å². The van der Waals surface area contributed by atoms with Crippen LogP contribution in [-0.2, 0) is 9.84 Å². The van der Waals surface area contributed by atoms with Gasteiger partial charge >= 0.3 is 0 Å². The highest BCUT2D eigenvalue weighted by Gasteiger charge is 2.47. The second-order valence-corrected chi connectivity index (χ2v) is 7.51. The molecule has 0 spiro atoms. The first-order valence-electron chi connectivity index (χ1n) is 4.32. The maximum Gasteiger partial charge on any atom is 0.153 e. The van der Waals surface area contributed by atoms with Crippen molar-refractivity contribution in [2.45, 2.75) is 11.3 Å². The number of thiocarbonyl (C=S) groups is 1. The zero-order valence-corrected chi connectivity index (χ0v) is 9.87. The molecule has 2 aliphatic heterocycles. The van der Waals surface area contributed by atoms with Gasteiger partial charge in [-0.05, 0) is 0 Å². The molecule has 0 aromatic carbocycles. The lowest BCUT2D eigenvalue weighted by Crippen LogP contribution is -2.38. The number of rotatable bonds is 2. The Morgan fingerprint density at radius 2 is 2.29 bits per heavy atom. The lowest BCUT2D eigenvalue weighted by atomic mass is 10.2. The molecule has 0 unspecified atom stereocenters. The highest BCUT2D eigenvalue weighted by Crippen LogP contribution is 2.37. The van der Waals surface area contributed by atoms with Crippen molar-refractivity contribution in [2.24, 2.45) is 0 Å². The summed E-state index contributed by atoms with van der Waals surface area (Å²) in [6, 6.07) is -0.00958. The van der Waals surface area contributed by atoms with Crippen LogP contribution in [0.15, 0.2) is 0 Å². The summed E-state index contributed by atoms with van der Waals surface area (Å²) in [5.74, 6) is 0.412. The summed E-state index contributed by atoms with van der Waals surface area (Å²) in [6.07, 6.45) is 0. The number of aliphatic hydroxyl groups is 1. The average molecular weight is 253 g/mol. The molecule has 2 aliphatic rings. The molecule has 0 saturated carbocycles. The molecule has 2 atom stereocenters. The molecule has 0 bridgehead atoms. The fourth-order valence-electron chi connectivity index (χ4n) is 1.90. The van der Waals surface area contributed by atoms with Crippen molar-refractivity contribution >= 4 is 38.1 Å². The predicted molar refractivity (Wildman–Crippen MR) is 60.2 cm³/mol. The van der Waals surface area contributed by atoms with Crippen molar-refractivity contribution in [1.82, 2.24) is 4.90 Å². The van der Waals surface area contributed by atoms with Gasteiger partial charge in [0.1, 0.15) is 4.32 Å². The molecule has 0 aromatic heterocycles. The van der Waals surface area contributed by atoms with Crippen LogP contribution in [0.4, 0.5) is 0 Å². The van der Waals surface area contributed by atoms with Gasteiger partial charge in [-0.3, -0.25) is 0 Å². The van der Waals surface area contributed by atoms with Crippen LogP contribution in [0, 0.1) is 0 Å². The first kappa shape index (κ1) is 10.7. The van der Waals surface area contributed by atoms with E-state index in [-0.39, 0.29) is 29.4 Å². The first-order chi connectivity index (χ1) is 6.53. The third-order valence-corrected chi connectivity index (χ3v) is 6.17. The number of hydrogen-bond donors (Lipinski definition) is 1. The van der Waals surface area contributed by atoms with Crippen LogP contribution in [0.1, 0.15) is 0 Å². The van der Waals surface area contributed by atoms with Crippen LogP contribution < -0.4 is 0 Å². The lowest BCUT2D eigenvalue weighted by molar-refractivity contribution is 0.236. The zero-order chi connectivity index (χ0) is 10.3. The lowest BCUT2D eigenvalue weighted by Gasteiger charge is -2.22. The van der Waals surface area contributed by atoms with Gasteiger partial charge in [0.2, 0.25) is 0 Å². The van der Waals surface area contributed by atoms with Crippen molar-refractivity contribution in [2.75, 3.05) is 24.7 Å². The van der Waals surface area contributed by atoms with Crippen LogP contribution >= 0.6 is 24.0 Å². The van der Waals surface area contributed by atoms with Crippen molar-refractivity contribution in [3.05, 3.63) is 0 Å². The minimum atomic E-state index is -2.88. The highest BCUT2D eigenvalue weighted by atomic mass is 32.2. The van der Waals surface area contributed by atoms with E-state index in [2.05, 4.69) is 0 Å². The summed E-state index contributed by atoms with van der Waals surface area (Å²) in [7, 11) is -2.88. The molecule has 80 valence electrons. The summed E-state index contributed by atoms with van der Waals surface area (Å²) in [4.78, 5) is 1.84. The number of β-amino-alcohol motifs (C(OH)–C–C–N with tert-alkyl or cyclic N) is 1. The van der Waals surface area contributed by atoms with Gasteiger partial charge in [-0.15, -0.1) is 0 Å². The summed E-state index contributed by atoms with van der Waals surface area (Å²) < 4.78 is 23.4. The van der Waals surface area contributed by atoms with Crippen LogP contribution in [0.3, 0.4) is 0 Å². The number of thioether (sulfide) groups is 1. The van der Waals surface area contributed by atoms with Gasteiger partial charge in [-0.2, -0.15) is 0 Å². The Kier molecular flexibility index (Phi) is 2.76. The molecule has 7 heteroatoms. The first-order valence-corrected chi connectivity index (χ1v) is 7.43. The van der Waals surface area contributed by atoms with Gasteiger partial charge in [0.15, 0.2) is 9.84 Å². The van der Waals surface area contributed by atoms with E-state index in [1.165, 1.54) is 11.8 Å². The third kappa shape index (κ3) is 1.78. The van der Waals surface area contributed by atoms with Crippen molar-refractivity contribution in [3.63, 3.8) is 0 Å². The number of aliphatic hydroxyl groups excluding tert-OH is 1. The summed E-state index contributed by atoms with van der Waals surface area (Å²) in [6.45, 7) is 0.465. The van der Waals surface area contributed by atoms with E-state index >= 15 is 0 Å². The van der Waals surface area contributed by atoms with Crippen molar-refractivity contribution < 1.29 is 13.5 Å². The number of fused-ring (bicyclic) bond motifs is 1. The molecule has 1 N–H and O–H groups in total. The van der Waals surface area contributed by atoms with Crippen LogP contribution in [0.5, 0.6) is 0 Å². The summed E-state index contributed by atoms with van der Waals surface area (Å²) in [5, 5.41) is 8.92. The van der Waals surface area contributed by atoms with Crippen molar-refractivity contribution in [1.29, 1.82) is 0 Å². The molecule has 0 amide bonds. The molecule has 0 aromatic rings. The van der Waals surface area contributed by atoms with Gasteiger partial charge in [0, 0.05) is 11.8 Å². The van der Waals surface area contributed by atoms with Crippen molar-refractivity contribution in [3.8, 4) is 0 Å². The average Bonchev–Trinajstić information content (AvgIpc) is 2.47. The number of sulfone groups is 1. The topological polar surface area (TPSA) is 57.6 Å². The second kappa shape index (κ2) is 3.62. The van der Waals surface area contributed by atoms with Crippen LogP contribution in [-0.4, -0.2) is 58.7 Å². The Hall–Kier alpha value is 0.150. The van der Waals surface area contributed by atoms with E-state index in [1.807, 2.05) is 4.90 Å². The van der Waals surface area contributed by atoms with Crippen LogP contribution in [0.2, 0.25) is 0 Å². The molecular formula is C7H11NO3S3. The molecule has 2 saturated heterocycles. The molecule has 4 nitrogen and oxygen atoms in total. The van der Waals surface area contributed by atoms with Gasteiger partial charge in [-0.25, -0.2) is 8.42 Å². The standard InChI is InChI=1S/C7H11NO3S3/c9-2-1-8-5-3-14(10,11)4-6(5)13-7(8)12/h5-6,9H,1-4H2/t5-,6+/m0/s1. The second-order valence-electron chi connectivity index (χ2n) is 3.48.